The van der Waals surface area contributed by atoms with Crippen molar-refractivity contribution in [3.05, 3.63) is 53.1 Å². The molecule has 0 saturated carbocycles. The molecule has 1 aromatic rings. The van der Waals surface area contributed by atoms with Gasteiger partial charge in [0.25, 0.3) is 0 Å². The summed E-state index contributed by atoms with van der Waals surface area (Å²) in [5.74, 6) is -0.246. The number of hydrogen-bond acceptors (Lipinski definition) is 3. The van der Waals surface area contributed by atoms with Crippen LogP contribution < -0.4 is 0 Å². The van der Waals surface area contributed by atoms with Gasteiger partial charge in [-0.3, -0.25) is 0 Å². The lowest BCUT2D eigenvalue weighted by atomic mass is 9.91. The van der Waals surface area contributed by atoms with E-state index in [-0.39, 0.29) is 17.2 Å². The molecule has 3 N–H and O–H groups in total. The Hall–Kier alpha value is -2.16. The zero-order valence-electron chi connectivity index (χ0n) is 13.1. The molecule has 3 heteroatoms. The number of hydrogen-bond donors (Lipinski definition) is 3. The molecule has 114 valence electrons. The minimum absolute atomic E-state index is 0.0820. The van der Waals surface area contributed by atoms with Crippen molar-refractivity contribution in [2.24, 2.45) is 0 Å². The molecule has 3 nitrogen and oxygen atoms in total. The van der Waals surface area contributed by atoms with E-state index < -0.39 is 0 Å². The molecular weight excluding hydrogens is 264 g/mol. The highest BCUT2D eigenvalue weighted by Crippen LogP contribution is 2.44. The van der Waals surface area contributed by atoms with Crippen molar-refractivity contribution in [1.29, 1.82) is 0 Å². The first-order chi connectivity index (χ1) is 9.65. The van der Waals surface area contributed by atoms with Crippen LogP contribution in [0, 0.1) is 0 Å². The minimum atomic E-state index is -0.0820. The Balaban J connectivity index is 3.60. The monoisotopic (exact) mass is 288 g/mol. The van der Waals surface area contributed by atoms with Crippen LogP contribution in [0.3, 0.4) is 0 Å². The molecule has 0 atom stereocenters. The van der Waals surface area contributed by atoms with Crippen LogP contribution in [0.2, 0.25) is 0 Å². The fourth-order valence-corrected chi connectivity index (χ4v) is 2.29. The molecular formula is C18H24O3. The first kappa shape index (κ1) is 16.9. The van der Waals surface area contributed by atoms with Crippen molar-refractivity contribution in [2.45, 2.75) is 40.0 Å². The number of benzene rings is 1. The summed E-state index contributed by atoms with van der Waals surface area (Å²) in [6.07, 6.45) is 1.05. The lowest BCUT2D eigenvalue weighted by Gasteiger charge is -2.19. The van der Waals surface area contributed by atoms with Crippen molar-refractivity contribution in [1.82, 2.24) is 0 Å². The van der Waals surface area contributed by atoms with E-state index >= 15 is 0 Å². The predicted octanol–water partition coefficient (Wildman–Crippen LogP) is 4.16. The standard InChI is InChI=1S/C18H24O3/c1-10(2)7-13-16(19)14(8-11(3)4)18(21)15(17(13)20)9-12(5)6/h19-21H,1,3,5,7-9H2,2,4,6H3. The molecule has 0 aliphatic heterocycles. The first-order valence-corrected chi connectivity index (χ1v) is 6.85. The van der Waals surface area contributed by atoms with Crippen LogP contribution in [0.15, 0.2) is 36.5 Å². The van der Waals surface area contributed by atoms with Gasteiger partial charge >= 0.3 is 0 Å². The Labute approximate surface area is 126 Å². The van der Waals surface area contributed by atoms with Crippen molar-refractivity contribution in [3.8, 4) is 17.2 Å². The summed E-state index contributed by atoms with van der Waals surface area (Å²) in [4.78, 5) is 0. The summed E-state index contributed by atoms with van der Waals surface area (Å²) >= 11 is 0. The molecule has 0 saturated heterocycles. The average molecular weight is 288 g/mol. The largest absolute Gasteiger partial charge is 0.507 e. The summed E-state index contributed by atoms with van der Waals surface area (Å²) in [6, 6.07) is 0. The zero-order chi connectivity index (χ0) is 16.3. The van der Waals surface area contributed by atoms with E-state index in [9.17, 15) is 15.3 Å². The summed E-state index contributed by atoms with van der Waals surface area (Å²) in [5.41, 5.74) is 3.63. The Morgan fingerprint density at radius 2 is 0.810 bits per heavy atom. The molecule has 0 unspecified atom stereocenters. The van der Waals surface area contributed by atoms with E-state index in [4.69, 9.17) is 0 Å². The number of phenolic OH excluding ortho intramolecular Hbond substituents is 3. The topological polar surface area (TPSA) is 60.7 Å². The second kappa shape index (κ2) is 6.53. The van der Waals surface area contributed by atoms with Crippen molar-refractivity contribution in [2.75, 3.05) is 0 Å². The molecule has 0 aromatic heterocycles. The van der Waals surface area contributed by atoms with Crippen LogP contribution in [0.1, 0.15) is 37.5 Å². The van der Waals surface area contributed by atoms with Gasteiger partial charge in [-0.05, 0) is 20.8 Å². The molecule has 0 bridgehead atoms. The molecule has 1 aromatic carbocycles. The number of allylic oxidation sites excluding steroid dienone is 3. The third-order valence-corrected chi connectivity index (χ3v) is 3.15. The zero-order valence-corrected chi connectivity index (χ0v) is 13.1. The fourth-order valence-electron chi connectivity index (χ4n) is 2.29. The number of rotatable bonds is 6. The van der Waals surface area contributed by atoms with Crippen LogP contribution in [0.5, 0.6) is 17.2 Å². The smallest absolute Gasteiger partial charge is 0.130 e. The average Bonchev–Trinajstić information content (AvgIpc) is 2.35. The lowest BCUT2D eigenvalue weighted by molar-refractivity contribution is 0.406. The van der Waals surface area contributed by atoms with Crippen LogP contribution in [0.25, 0.3) is 0 Å². The third-order valence-electron chi connectivity index (χ3n) is 3.15. The third kappa shape index (κ3) is 3.91. The predicted molar refractivity (Wildman–Crippen MR) is 87.0 cm³/mol. The highest BCUT2D eigenvalue weighted by Gasteiger charge is 2.23. The number of phenols is 3. The Bertz CT molecular complexity index is 503. The van der Waals surface area contributed by atoms with Crippen LogP contribution >= 0.6 is 0 Å². The molecule has 0 aliphatic rings. The maximum Gasteiger partial charge on any atom is 0.130 e. The molecule has 21 heavy (non-hydrogen) atoms. The van der Waals surface area contributed by atoms with E-state index in [1.165, 1.54) is 0 Å². The van der Waals surface area contributed by atoms with E-state index in [1.54, 1.807) is 0 Å². The second-order valence-corrected chi connectivity index (χ2v) is 5.88. The van der Waals surface area contributed by atoms with Gasteiger partial charge in [-0.2, -0.15) is 0 Å². The Morgan fingerprint density at radius 1 is 0.619 bits per heavy atom. The maximum absolute atomic E-state index is 10.4. The van der Waals surface area contributed by atoms with E-state index in [2.05, 4.69) is 19.7 Å². The summed E-state index contributed by atoms with van der Waals surface area (Å²) in [6.45, 7) is 16.9. The van der Waals surface area contributed by atoms with Gasteiger partial charge < -0.3 is 15.3 Å². The Morgan fingerprint density at radius 3 is 0.952 bits per heavy atom. The summed E-state index contributed by atoms with van der Waals surface area (Å²) in [7, 11) is 0. The van der Waals surface area contributed by atoms with Crippen LogP contribution in [-0.2, 0) is 19.3 Å². The molecule has 0 aliphatic carbocycles. The van der Waals surface area contributed by atoms with Crippen LogP contribution in [-0.4, -0.2) is 15.3 Å². The maximum atomic E-state index is 10.4. The van der Waals surface area contributed by atoms with Gasteiger partial charge in [0.15, 0.2) is 0 Å². The fraction of sp³-hybridized carbons (Fsp3) is 0.333. The Kier molecular flexibility index (Phi) is 5.25. The summed E-state index contributed by atoms with van der Waals surface area (Å²) in [5, 5.41) is 31.1. The van der Waals surface area contributed by atoms with Crippen molar-refractivity contribution in [3.63, 3.8) is 0 Å². The highest BCUT2D eigenvalue weighted by atomic mass is 16.3. The number of aromatic hydroxyl groups is 3. The van der Waals surface area contributed by atoms with Gasteiger partial charge in [0.1, 0.15) is 17.2 Å². The van der Waals surface area contributed by atoms with Gasteiger partial charge in [0.2, 0.25) is 0 Å². The summed E-state index contributed by atoms with van der Waals surface area (Å²) < 4.78 is 0. The van der Waals surface area contributed by atoms with E-state index in [0.717, 1.165) is 16.7 Å². The molecule has 1 rings (SSSR count). The molecule has 0 amide bonds. The minimum Gasteiger partial charge on any atom is -0.507 e. The molecule has 0 spiro atoms. The van der Waals surface area contributed by atoms with Gasteiger partial charge in [-0.15, -0.1) is 0 Å². The highest BCUT2D eigenvalue weighted by molar-refractivity contribution is 5.63. The van der Waals surface area contributed by atoms with Crippen molar-refractivity contribution < 1.29 is 15.3 Å². The quantitative estimate of drug-likeness (QED) is 0.689. The van der Waals surface area contributed by atoms with Crippen LogP contribution in [0.4, 0.5) is 0 Å². The lowest BCUT2D eigenvalue weighted by Crippen LogP contribution is -2.00. The van der Waals surface area contributed by atoms with Crippen molar-refractivity contribution >= 4 is 0 Å². The molecule has 0 fully saturated rings. The van der Waals surface area contributed by atoms with Gasteiger partial charge in [-0.1, -0.05) is 36.5 Å². The first-order valence-electron chi connectivity index (χ1n) is 6.85. The van der Waals surface area contributed by atoms with Gasteiger partial charge in [0.05, 0.1) is 0 Å². The normalized spacial score (nSPS) is 10.4. The molecule has 0 radical (unpaired) electrons. The van der Waals surface area contributed by atoms with Gasteiger partial charge in [0, 0.05) is 36.0 Å². The SMILES string of the molecule is C=C(C)Cc1c(O)c(CC(=C)C)c(O)c(CC(=C)C)c1O. The van der Waals surface area contributed by atoms with E-state index in [1.807, 2.05) is 20.8 Å². The van der Waals surface area contributed by atoms with E-state index in [0.29, 0.717) is 36.0 Å². The van der Waals surface area contributed by atoms with Gasteiger partial charge in [-0.25, -0.2) is 0 Å². The molecule has 0 heterocycles. The second-order valence-electron chi connectivity index (χ2n) is 5.88.